The van der Waals surface area contributed by atoms with Gasteiger partial charge in [-0.15, -0.1) is 0 Å². The van der Waals surface area contributed by atoms with Crippen LogP contribution >= 0.6 is 7.60 Å². The van der Waals surface area contributed by atoms with Crippen LogP contribution < -0.4 is 0 Å². The van der Waals surface area contributed by atoms with Crippen molar-refractivity contribution in [2.24, 2.45) is 0 Å². The average molecular weight is 275 g/mol. The highest BCUT2D eigenvalue weighted by Crippen LogP contribution is 2.61. The van der Waals surface area contributed by atoms with E-state index >= 15 is 0 Å². The van der Waals surface area contributed by atoms with Gasteiger partial charge in [0.15, 0.2) is 5.78 Å². The van der Waals surface area contributed by atoms with Crippen LogP contribution in [0.15, 0.2) is 22.8 Å². The Morgan fingerprint density at radius 1 is 1.44 bits per heavy atom. The molecule has 1 aromatic heterocycles. The molecule has 1 aromatic rings. The van der Waals surface area contributed by atoms with Gasteiger partial charge in [0.2, 0.25) is 6.41 Å². The smallest absolute Gasteiger partial charge is 0.360 e. The quantitative estimate of drug-likeness (QED) is 0.539. The van der Waals surface area contributed by atoms with Gasteiger partial charge in [-0.25, -0.2) is 0 Å². The third kappa shape index (κ3) is 3.22. The summed E-state index contributed by atoms with van der Waals surface area (Å²) in [5.41, 5.74) is 0. The van der Waals surface area contributed by atoms with E-state index in [1.807, 2.05) is 0 Å². The summed E-state index contributed by atoms with van der Waals surface area (Å²) in [5, 5.41) is 0. The SMILES string of the molecule is CCOP(=O)(OCC)C(c1ccco1)N(C)C=O. The predicted octanol–water partition coefficient (Wildman–Crippen LogP) is 2.63. The van der Waals surface area contributed by atoms with Gasteiger partial charge in [-0.2, -0.15) is 0 Å². The highest BCUT2D eigenvalue weighted by Gasteiger charge is 2.41. The van der Waals surface area contributed by atoms with E-state index in [9.17, 15) is 9.36 Å². The lowest BCUT2D eigenvalue weighted by atomic mass is 10.4. The van der Waals surface area contributed by atoms with E-state index in [-0.39, 0.29) is 13.2 Å². The zero-order valence-corrected chi connectivity index (χ0v) is 11.6. The van der Waals surface area contributed by atoms with Gasteiger partial charge in [-0.3, -0.25) is 9.36 Å². The summed E-state index contributed by atoms with van der Waals surface area (Å²) < 4.78 is 28.4. The van der Waals surface area contributed by atoms with Crippen LogP contribution in [0.25, 0.3) is 0 Å². The zero-order chi connectivity index (χ0) is 13.6. The molecule has 0 aliphatic rings. The summed E-state index contributed by atoms with van der Waals surface area (Å²) in [6.07, 6.45) is 2.01. The fourth-order valence-corrected chi connectivity index (χ4v) is 3.65. The first kappa shape index (κ1) is 15.0. The summed E-state index contributed by atoms with van der Waals surface area (Å²) >= 11 is 0. The van der Waals surface area contributed by atoms with Crippen LogP contribution in [0.4, 0.5) is 0 Å². The van der Waals surface area contributed by atoms with E-state index < -0.39 is 13.4 Å². The van der Waals surface area contributed by atoms with Gasteiger partial charge in [-0.05, 0) is 26.0 Å². The molecule has 0 aromatic carbocycles. The topological polar surface area (TPSA) is 69.0 Å². The molecule has 1 atom stereocenters. The lowest BCUT2D eigenvalue weighted by Crippen LogP contribution is -2.24. The molecule has 0 fully saturated rings. The van der Waals surface area contributed by atoms with Crippen molar-refractivity contribution in [2.75, 3.05) is 20.3 Å². The Morgan fingerprint density at radius 3 is 2.44 bits per heavy atom. The number of rotatable bonds is 8. The molecule has 0 aliphatic heterocycles. The van der Waals surface area contributed by atoms with Crippen molar-refractivity contribution in [2.45, 2.75) is 19.6 Å². The lowest BCUT2D eigenvalue weighted by molar-refractivity contribution is -0.118. The van der Waals surface area contributed by atoms with Crippen LogP contribution in [0.5, 0.6) is 0 Å². The molecule has 102 valence electrons. The van der Waals surface area contributed by atoms with E-state index in [0.717, 1.165) is 0 Å². The van der Waals surface area contributed by atoms with Crippen LogP contribution in [0.1, 0.15) is 25.4 Å². The van der Waals surface area contributed by atoms with Crippen molar-refractivity contribution < 1.29 is 22.8 Å². The van der Waals surface area contributed by atoms with Gasteiger partial charge in [0.25, 0.3) is 0 Å². The van der Waals surface area contributed by atoms with Crippen LogP contribution in [0.3, 0.4) is 0 Å². The molecule has 1 rings (SSSR count). The Kier molecular flexibility index (Phi) is 5.59. The summed E-state index contributed by atoms with van der Waals surface area (Å²) in [5.74, 6) is -0.500. The Labute approximate surface area is 106 Å². The fourth-order valence-electron chi connectivity index (χ4n) is 1.61. The van der Waals surface area contributed by atoms with Crippen LogP contribution in [-0.4, -0.2) is 31.6 Å². The van der Waals surface area contributed by atoms with Gasteiger partial charge in [-0.1, -0.05) is 0 Å². The number of furan rings is 1. The number of hydrogen-bond donors (Lipinski definition) is 0. The largest absolute Gasteiger partial charge is 0.466 e. The molecule has 1 heterocycles. The second-order valence-corrected chi connectivity index (χ2v) is 5.62. The number of carbonyl (C=O) groups excluding carboxylic acids is 1. The minimum Gasteiger partial charge on any atom is -0.466 e. The molecule has 0 N–H and O–H groups in total. The second kappa shape index (κ2) is 6.73. The summed E-state index contributed by atoms with van der Waals surface area (Å²) in [6, 6.07) is 3.29. The van der Waals surface area contributed by atoms with Gasteiger partial charge in [0.1, 0.15) is 5.76 Å². The average Bonchev–Trinajstić information content (AvgIpc) is 2.83. The first-order valence-electron chi connectivity index (χ1n) is 5.68. The van der Waals surface area contributed by atoms with Gasteiger partial charge in [0.05, 0.1) is 19.5 Å². The van der Waals surface area contributed by atoms with E-state index in [0.29, 0.717) is 12.2 Å². The Balaban J connectivity index is 3.14. The maximum atomic E-state index is 12.7. The number of carbonyl (C=O) groups is 1. The molecule has 0 bridgehead atoms. The van der Waals surface area contributed by atoms with Gasteiger partial charge in [0, 0.05) is 7.05 Å². The molecule has 1 amide bonds. The second-order valence-electron chi connectivity index (χ2n) is 3.54. The van der Waals surface area contributed by atoms with E-state index in [4.69, 9.17) is 13.5 Å². The first-order chi connectivity index (χ1) is 8.59. The minimum atomic E-state index is -3.49. The normalized spacial score (nSPS) is 13.3. The maximum absolute atomic E-state index is 12.7. The summed E-state index contributed by atoms with van der Waals surface area (Å²) in [7, 11) is -1.99. The van der Waals surface area contributed by atoms with Crippen molar-refractivity contribution in [1.82, 2.24) is 4.90 Å². The standard InChI is InChI=1S/C11H18NO5P/c1-4-16-18(14,17-5-2)11(12(3)9-13)10-7-6-8-15-10/h6-9,11H,4-5H2,1-3H3. The van der Waals surface area contributed by atoms with Crippen molar-refractivity contribution >= 4 is 14.0 Å². The third-order valence-electron chi connectivity index (χ3n) is 2.27. The maximum Gasteiger partial charge on any atom is 0.360 e. The monoisotopic (exact) mass is 275 g/mol. The predicted molar refractivity (Wildman–Crippen MR) is 66.1 cm³/mol. The van der Waals surface area contributed by atoms with Crippen molar-refractivity contribution in [1.29, 1.82) is 0 Å². The van der Waals surface area contributed by atoms with Gasteiger partial charge < -0.3 is 18.4 Å². The van der Waals surface area contributed by atoms with Gasteiger partial charge >= 0.3 is 7.60 Å². The summed E-state index contributed by atoms with van der Waals surface area (Å²) in [4.78, 5) is 12.2. The Hall–Kier alpha value is -1.10. The molecule has 0 spiro atoms. The molecule has 6 nitrogen and oxygen atoms in total. The number of nitrogens with zero attached hydrogens (tertiary/aromatic N) is 1. The van der Waals surface area contributed by atoms with E-state index in [2.05, 4.69) is 0 Å². The van der Waals surface area contributed by atoms with Crippen LogP contribution in [0.2, 0.25) is 0 Å². The molecule has 0 saturated carbocycles. The fraction of sp³-hybridized carbons (Fsp3) is 0.545. The zero-order valence-electron chi connectivity index (χ0n) is 10.7. The number of hydrogen-bond acceptors (Lipinski definition) is 5. The van der Waals surface area contributed by atoms with E-state index in [1.165, 1.54) is 18.2 Å². The molecule has 18 heavy (non-hydrogen) atoms. The molecule has 7 heteroatoms. The minimum absolute atomic E-state index is 0.223. The lowest BCUT2D eigenvalue weighted by Gasteiger charge is -2.29. The molecule has 0 aliphatic carbocycles. The van der Waals surface area contributed by atoms with Crippen LogP contribution in [0, 0.1) is 0 Å². The van der Waals surface area contributed by atoms with Crippen molar-refractivity contribution in [3.8, 4) is 0 Å². The molecular weight excluding hydrogens is 257 g/mol. The van der Waals surface area contributed by atoms with Crippen molar-refractivity contribution in [3.63, 3.8) is 0 Å². The molecule has 1 unspecified atom stereocenters. The van der Waals surface area contributed by atoms with Crippen LogP contribution in [-0.2, 0) is 18.4 Å². The summed E-state index contributed by atoms with van der Waals surface area (Å²) in [6.45, 7) is 3.87. The molecule has 0 radical (unpaired) electrons. The highest BCUT2D eigenvalue weighted by molar-refractivity contribution is 7.54. The number of amides is 1. The van der Waals surface area contributed by atoms with Crippen molar-refractivity contribution in [3.05, 3.63) is 24.2 Å². The molecular formula is C11H18NO5P. The first-order valence-corrected chi connectivity index (χ1v) is 7.29. The Bertz CT molecular complexity index is 396. The third-order valence-corrected chi connectivity index (χ3v) is 4.72. The highest BCUT2D eigenvalue weighted by atomic mass is 31.2. The Morgan fingerprint density at radius 2 is 2.06 bits per heavy atom. The molecule has 0 saturated heterocycles. The van der Waals surface area contributed by atoms with E-state index in [1.54, 1.807) is 26.0 Å².